The van der Waals surface area contributed by atoms with E-state index in [1.54, 1.807) is 0 Å². The Morgan fingerprint density at radius 2 is 2.16 bits per heavy atom. The lowest BCUT2D eigenvalue weighted by molar-refractivity contribution is -0.115. The maximum absolute atomic E-state index is 11.4. The molecule has 2 rings (SSSR count). The molecular formula is C15H19N3O. The highest BCUT2D eigenvalue weighted by molar-refractivity contribution is 5.92. The molecule has 0 aromatic heterocycles. The fraction of sp³-hybridized carbons (Fsp3) is 0.467. The molecule has 0 fully saturated rings. The first-order valence-electron chi connectivity index (χ1n) is 6.59. The lowest BCUT2D eigenvalue weighted by Gasteiger charge is -2.16. The SMILES string of the molecule is CC(C)CN1Cc2ccc(NC(=O)CC#N)cc2C1. The van der Waals surface area contributed by atoms with Crippen LogP contribution in [0.4, 0.5) is 5.69 Å². The summed E-state index contributed by atoms with van der Waals surface area (Å²) < 4.78 is 0. The number of benzene rings is 1. The van der Waals surface area contributed by atoms with Crippen molar-refractivity contribution in [2.75, 3.05) is 11.9 Å². The van der Waals surface area contributed by atoms with Crippen LogP contribution in [-0.2, 0) is 17.9 Å². The summed E-state index contributed by atoms with van der Waals surface area (Å²) >= 11 is 0. The molecule has 4 heteroatoms. The Bertz CT molecular complexity index is 517. The summed E-state index contributed by atoms with van der Waals surface area (Å²) in [6, 6.07) is 7.84. The van der Waals surface area contributed by atoms with E-state index in [-0.39, 0.29) is 12.3 Å². The Kier molecular flexibility index (Phi) is 4.18. The maximum atomic E-state index is 11.4. The summed E-state index contributed by atoms with van der Waals surface area (Å²) in [6.07, 6.45) is -0.101. The molecular weight excluding hydrogens is 238 g/mol. The van der Waals surface area contributed by atoms with E-state index >= 15 is 0 Å². The van der Waals surface area contributed by atoms with Crippen LogP contribution in [0.15, 0.2) is 18.2 Å². The van der Waals surface area contributed by atoms with Crippen LogP contribution in [0, 0.1) is 17.2 Å². The first-order valence-corrected chi connectivity index (χ1v) is 6.59. The molecule has 100 valence electrons. The van der Waals surface area contributed by atoms with Gasteiger partial charge in [0.2, 0.25) is 5.91 Å². The van der Waals surface area contributed by atoms with Gasteiger partial charge in [-0.3, -0.25) is 9.69 Å². The highest BCUT2D eigenvalue weighted by Crippen LogP contribution is 2.26. The van der Waals surface area contributed by atoms with Crippen LogP contribution < -0.4 is 5.32 Å². The summed E-state index contributed by atoms with van der Waals surface area (Å²) in [5, 5.41) is 11.2. The number of nitriles is 1. The van der Waals surface area contributed by atoms with Crippen LogP contribution in [0.3, 0.4) is 0 Å². The lowest BCUT2D eigenvalue weighted by Crippen LogP contribution is -2.21. The average molecular weight is 257 g/mol. The number of fused-ring (bicyclic) bond motifs is 1. The van der Waals surface area contributed by atoms with Crippen molar-refractivity contribution in [3.8, 4) is 6.07 Å². The highest BCUT2D eigenvalue weighted by Gasteiger charge is 2.19. The van der Waals surface area contributed by atoms with Crippen molar-refractivity contribution >= 4 is 11.6 Å². The molecule has 0 saturated carbocycles. The summed E-state index contributed by atoms with van der Waals surface area (Å²) in [5.41, 5.74) is 3.39. The molecule has 0 spiro atoms. The van der Waals surface area contributed by atoms with Gasteiger partial charge >= 0.3 is 0 Å². The van der Waals surface area contributed by atoms with Crippen molar-refractivity contribution in [3.05, 3.63) is 29.3 Å². The summed E-state index contributed by atoms with van der Waals surface area (Å²) in [5.74, 6) is 0.406. The number of amides is 1. The molecule has 1 aliphatic heterocycles. The van der Waals surface area contributed by atoms with Gasteiger partial charge in [-0.1, -0.05) is 19.9 Å². The van der Waals surface area contributed by atoms with E-state index in [0.717, 1.165) is 25.3 Å². The van der Waals surface area contributed by atoms with E-state index < -0.39 is 0 Å². The third-order valence-corrected chi connectivity index (χ3v) is 3.14. The van der Waals surface area contributed by atoms with Gasteiger partial charge < -0.3 is 5.32 Å². The molecule has 0 aliphatic carbocycles. The summed E-state index contributed by atoms with van der Waals surface area (Å²) in [7, 11) is 0. The second-order valence-electron chi connectivity index (χ2n) is 5.43. The van der Waals surface area contributed by atoms with Gasteiger partial charge in [0.15, 0.2) is 0 Å². The van der Waals surface area contributed by atoms with Gasteiger partial charge in [0.25, 0.3) is 0 Å². The number of nitrogens with zero attached hydrogens (tertiary/aromatic N) is 2. The molecule has 0 radical (unpaired) electrons. The van der Waals surface area contributed by atoms with Crippen LogP contribution in [0.2, 0.25) is 0 Å². The quantitative estimate of drug-likeness (QED) is 0.901. The Labute approximate surface area is 114 Å². The van der Waals surface area contributed by atoms with Gasteiger partial charge in [-0.25, -0.2) is 0 Å². The Morgan fingerprint density at radius 3 is 2.84 bits per heavy atom. The maximum Gasteiger partial charge on any atom is 0.238 e. The molecule has 0 unspecified atom stereocenters. The number of carbonyl (C=O) groups excluding carboxylic acids is 1. The molecule has 0 saturated heterocycles. The number of hydrogen-bond donors (Lipinski definition) is 1. The zero-order chi connectivity index (χ0) is 13.8. The topological polar surface area (TPSA) is 56.1 Å². The molecule has 1 amide bonds. The monoisotopic (exact) mass is 257 g/mol. The molecule has 1 aromatic carbocycles. The fourth-order valence-electron chi connectivity index (χ4n) is 2.47. The van der Waals surface area contributed by atoms with Crippen LogP contribution in [0.1, 0.15) is 31.4 Å². The standard InChI is InChI=1S/C15H19N3O/c1-11(2)8-18-9-12-3-4-14(7-13(12)10-18)17-15(19)5-6-16/h3-4,7,11H,5,8-10H2,1-2H3,(H,17,19). The van der Waals surface area contributed by atoms with Crippen molar-refractivity contribution in [2.45, 2.75) is 33.4 Å². The molecule has 4 nitrogen and oxygen atoms in total. The predicted octanol–water partition coefficient (Wildman–Crippen LogP) is 2.51. The Morgan fingerprint density at radius 1 is 1.42 bits per heavy atom. The zero-order valence-corrected chi connectivity index (χ0v) is 11.4. The minimum absolute atomic E-state index is 0.101. The Hall–Kier alpha value is -1.86. The van der Waals surface area contributed by atoms with Crippen molar-refractivity contribution < 1.29 is 4.79 Å². The molecule has 1 aliphatic rings. The first kappa shape index (κ1) is 13.6. The number of rotatable bonds is 4. The smallest absolute Gasteiger partial charge is 0.238 e. The number of nitrogens with one attached hydrogen (secondary N) is 1. The molecule has 1 aromatic rings. The highest BCUT2D eigenvalue weighted by atomic mass is 16.1. The second kappa shape index (κ2) is 5.85. The van der Waals surface area contributed by atoms with Crippen LogP contribution >= 0.6 is 0 Å². The van der Waals surface area contributed by atoms with E-state index in [0.29, 0.717) is 5.92 Å². The molecule has 0 atom stereocenters. The van der Waals surface area contributed by atoms with Crippen molar-refractivity contribution in [3.63, 3.8) is 0 Å². The van der Waals surface area contributed by atoms with Crippen molar-refractivity contribution in [1.29, 1.82) is 5.26 Å². The van der Waals surface area contributed by atoms with Crippen LogP contribution in [0.5, 0.6) is 0 Å². The number of hydrogen-bond acceptors (Lipinski definition) is 3. The van der Waals surface area contributed by atoms with Gasteiger partial charge in [-0.15, -0.1) is 0 Å². The average Bonchev–Trinajstić information content (AvgIpc) is 2.69. The van der Waals surface area contributed by atoms with Gasteiger partial charge in [0.05, 0.1) is 6.07 Å². The second-order valence-corrected chi connectivity index (χ2v) is 5.43. The van der Waals surface area contributed by atoms with Gasteiger partial charge in [0, 0.05) is 25.3 Å². The van der Waals surface area contributed by atoms with Gasteiger partial charge in [-0.2, -0.15) is 5.26 Å². The minimum Gasteiger partial charge on any atom is -0.325 e. The molecule has 0 bridgehead atoms. The molecule has 1 N–H and O–H groups in total. The van der Waals surface area contributed by atoms with E-state index in [2.05, 4.69) is 30.1 Å². The van der Waals surface area contributed by atoms with E-state index in [1.165, 1.54) is 11.1 Å². The zero-order valence-electron chi connectivity index (χ0n) is 11.4. The first-order chi connectivity index (χ1) is 9.08. The molecule has 19 heavy (non-hydrogen) atoms. The minimum atomic E-state index is -0.250. The largest absolute Gasteiger partial charge is 0.325 e. The third kappa shape index (κ3) is 3.55. The van der Waals surface area contributed by atoms with Crippen LogP contribution in [0.25, 0.3) is 0 Å². The van der Waals surface area contributed by atoms with E-state index in [1.807, 2.05) is 18.2 Å². The van der Waals surface area contributed by atoms with Gasteiger partial charge in [0.1, 0.15) is 6.42 Å². The van der Waals surface area contributed by atoms with E-state index in [9.17, 15) is 4.79 Å². The van der Waals surface area contributed by atoms with Crippen LogP contribution in [-0.4, -0.2) is 17.4 Å². The normalized spacial score (nSPS) is 14.2. The fourth-order valence-corrected chi connectivity index (χ4v) is 2.47. The third-order valence-electron chi connectivity index (χ3n) is 3.14. The van der Waals surface area contributed by atoms with Gasteiger partial charge in [-0.05, 0) is 29.2 Å². The number of carbonyl (C=O) groups is 1. The predicted molar refractivity (Wildman–Crippen MR) is 74.3 cm³/mol. The summed E-state index contributed by atoms with van der Waals surface area (Å²) in [6.45, 7) is 7.45. The van der Waals surface area contributed by atoms with Crippen molar-refractivity contribution in [2.24, 2.45) is 5.92 Å². The van der Waals surface area contributed by atoms with E-state index in [4.69, 9.17) is 5.26 Å². The van der Waals surface area contributed by atoms with Crippen molar-refractivity contribution in [1.82, 2.24) is 4.90 Å². The summed E-state index contributed by atoms with van der Waals surface area (Å²) in [4.78, 5) is 13.8. The lowest BCUT2D eigenvalue weighted by atomic mass is 10.1. The number of anilines is 1. The molecule has 1 heterocycles. The Balaban J connectivity index is 2.03.